The lowest BCUT2D eigenvalue weighted by Gasteiger charge is -2.22. The number of rotatable bonds is 10. The lowest BCUT2D eigenvalue weighted by molar-refractivity contribution is 0.0788. The van der Waals surface area contributed by atoms with Gasteiger partial charge in [0.25, 0.3) is 5.91 Å². The first-order valence-corrected chi connectivity index (χ1v) is 10.2. The van der Waals surface area contributed by atoms with Gasteiger partial charge in [0.2, 0.25) is 10.0 Å². The molecule has 156 valence electrons. The predicted octanol–water partition coefficient (Wildman–Crippen LogP) is 1.79. The highest BCUT2D eigenvalue weighted by Crippen LogP contribution is 2.17. The summed E-state index contributed by atoms with van der Waals surface area (Å²) < 4.78 is 32.0. The number of aryl methyl sites for hydroxylation is 1. The van der Waals surface area contributed by atoms with Crippen molar-refractivity contribution < 1.29 is 17.9 Å². The molecule has 0 aromatic heterocycles. The van der Waals surface area contributed by atoms with Gasteiger partial charge in [0.05, 0.1) is 11.5 Å². The summed E-state index contributed by atoms with van der Waals surface area (Å²) in [6, 6.07) is 4.58. The van der Waals surface area contributed by atoms with Gasteiger partial charge in [-0.2, -0.15) is 0 Å². The quantitative estimate of drug-likeness (QED) is 0.561. The zero-order chi connectivity index (χ0) is 19.9. The molecule has 0 aliphatic heterocycles. The van der Waals surface area contributed by atoms with E-state index in [9.17, 15) is 13.2 Å². The number of benzene rings is 1. The van der Waals surface area contributed by atoms with E-state index < -0.39 is 10.0 Å². The van der Waals surface area contributed by atoms with Gasteiger partial charge in [-0.1, -0.05) is 19.9 Å². The lowest BCUT2D eigenvalue weighted by Crippen LogP contribution is -2.35. The van der Waals surface area contributed by atoms with Gasteiger partial charge in [0.15, 0.2) is 0 Å². The second kappa shape index (κ2) is 11.6. The van der Waals surface area contributed by atoms with Gasteiger partial charge in [0, 0.05) is 38.9 Å². The maximum atomic E-state index is 12.7. The molecule has 9 heteroatoms. The molecular weight excluding hydrogens is 390 g/mol. The van der Waals surface area contributed by atoms with Crippen molar-refractivity contribution in [1.29, 1.82) is 0 Å². The van der Waals surface area contributed by atoms with Crippen LogP contribution in [0.15, 0.2) is 23.1 Å². The van der Waals surface area contributed by atoms with Gasteiger partial charge in [-0.15, -0.1) is 12.4 Å². The van der Waals surface area contributed by atoms with Crippen molar-refractivity contribution in [2.75, 3.05) is 33.9 Å². The van der Waals surface area contributed by atoms with Gasteiger partial charge in [-0.3, -0.25) is 4.79 Å². The summed E-state index contributed by atoms with van der Waals surface area (Å²) in [5, 5.41) is 0. The van der Waals surface area contributed by atoms with Crippen molar-refractivity contribution in [2.24, 2.45) is 11.7 Å². The number of carbonyl (C=O) groups excluding carboxylic acids is 1. The van der Waals surface area contributed by atoms with Crippen LogP contribution in [0.3, 0.4) is 0 Å². The minimum atomic E-state index is -3.69. The Labute approximate surface area is 169 Å². The van der Waals surface area contributed by atoms with Crippen LogP contribution < -0.4 is 10.5 Å². The molecule has 0 spiro atoms. The average molecular weight is 422 g/mol. The SMILES string of the molecule is COCCNS(=O)(=O)c1ccc(C)c(C(=O)N(C)CCC(N)C(C)C)c1.Cl. The number of halogens is 1. The molecule has 0 radical (unpaired) electrons. The monoisotopic (exact) mass is 421 g/mol. The van der Waals surface area contributed by atoms with E-state index in [1.807, 2.05) is 13.8 Å². The largest absolute Gasteiger partial charge is 0.383 e. The Balaban J connectivity index is 0.00000676. The Kier molecular flexibility index (Phi) is 11.1. The molecule has 1 aromatic carbocycles. The topological polar surface area (TPSA) is 102 Å². The van der Waals surface area contributed by atoms with Crippen molar-refractivity contribution in [3.63, 3.8) is 0 Å². The van der Waals surface area contributed by atoms with Gasteiger partial charge < -0.3 is 15.4 Å². The van der Waals surface area contributed by atoms with Crippen molar-refractivity contribution in [3.05, 3.63) is 29.3 Å². The van der Waals surface area contributed by atoms with Gasteiger partial charge in [-0.05, 0) is 37.0 Å². The Hall–Kier alpha value is -1.19. The summed E-state index contributed by atoms with van der Waals surface area (Å²) in [5.74, 6) is 0.124. The smallest absolute Gasteiger partial charge is 0.253 e. The number of carbonyl (C=O) groups is 1. The van der Waals surface area contributed by atoms with Crippen LogP contribution in [-0.4, -0.2) is 59.1 Å². The number of hydrogen-bond donors (Lipinski definition) is 2. The fourth-order valence-corrected chi connectivity index (χ4v) is 3.38. The minimum Gasteiger partial charge on any atom is -0.383 e. The van der Waals surface area contributed by atoms with Gasteiger partial charge in [0.1, 0.15) is 0 Å². The normalized spacial score (nSPS) is 12.6. The molecule has 0 heterocycles. The molecule has 0 fully saturated rings. The summed E-state index contributed by atoms with van der Waals surface area (Å²) in [5.41, 5.74) is 7.14. The molecule has 7 nitrogen and oxygen atoms in total. The lowest BCUT2D eigenvalue weighted by atomic mass is 10.0. The Bertz CT molecular complexity index is 711. The standard InChI is InChI=1S/C18H31N3O4S.ClH/c1-13(2)17(19)8-10-21(4)18(22)16-12-15(7-6-14(16)3)26(23,24)20-9-11-25-5;/h6-7,12-13,17,20H,8-11,19H2,1-5H3;1H. The zero-order valence-electron chi connectivity index (χ0n) is 16.7. The first-order chi connectivity index (χ1) is 12.1. The number of sulfonamides is 1. The molecular formula is C18H32ClN3O4S. The second-order valence-electron chi connectivity index (χ2n) is 6.79. The van der Waals surface area contributed by atoms with Gasteiger partial charge in [-0.25, -0.2) is 13.1 Å². The average Bonchev–Trinajstić information content (AvgIpc) is 2.58. The summed E-state index contributed by atoms with van der Waals surface area (Å²) in [7, 11) is -0.489. The number of methoxy groups -OCH3 is 1. The van der Waals surface area contributed by atoms with E-state index in [0.717, 1.165) is 5.56 Å². The molecule has 1 aromatic rings. The first-order valence-electron chi connectivity index (χ1n) is 8.70. The van der Waals surface area contributed by atoms with E-state index in [1.54, 1.807) is 24.9 Å². The van der Waals surface area contributed by atoms with E-state index in [-0.39, 0.29) is 42.4 Å². The molecule has 3 N–H and O–H groups in total. The van der Waals surface area contributed by atoms with Crippen LogP contribution in [0.2, 0.25) is 0 Å². The van der Waals surface area contributed by atoms with Crippen molar-refractivity contribution >= 4 is 28.3 Å². The third-order valence-electron chi connectivity index (χ3n) is 4.35. The highest BCUT2D eigenvalue weighted by atomic mass is 35.5. The fraction of sp³-hybridized carbons (Fsp3) is 0.611. The highest BCUT2D eigenvalue weighted by molar-refractivity contribution is 7.89. The zero-order valence-corrected chi connectivity index (χ0v) is 18.3. The molecule has 1 atom stereocenters. The van der Waals surface area contributed by atoms with E-state index in [1.165, 1.54) is 19.2 Å². The Morgan fingerprint density at radius 3 is 2.52 bits per heavy atom. The molecule has 1 amide bonds. The Morgan fingerprint density at radius 2 is 1.96 bits per heavy atom. The third-order valence-corrected chi connectivity index (χ3v) is 5.81. The maximum Gasteiger partial charge on any atom is 0.253 e. The number of ether oxygens (including phenoxy) is 1. The number of nitrogens with two attached hydrogens (primary N) is 1. The molecule has 0 bridgehead atoms. The van der Waals surface area contributed by atoms with E-state index >= 15 is 0 Å². The molecule has 0 aliphatic carbocycles. The van der Waals surface area contributed by atoms with Crippen LogP contribution in [-0.2, 0) is 14.8 Å². The van der Waals surface area contributed by atoms with Crippen LogP contribution in [0.4, 0.5) is 0 Å². The summed E-state index contributed by atoms with van der Waals surface area (Å²) in [6.07, 6.45) is 0.690. The van der Waals surface area contributed by atoms with Crippen molar-refractivity contribution in [2.45, 2.75) is 38.1 Å². The van der Waals surface area contributed by atoms with Crippen LogP contribution >= 0.6 is 12.4 Å². The molecule has 1 unspecified atom stereocenters. The fourth-order valence-electron chi connectivity index (χ4n) is 2.34. The molecule has 1 rings (SSSR count). The number of hydrogen-bond acceptors (Lipinski definition) is 5. The number of nitrogens with zero attached hydrogens (tertiary/aromatic N) is 1. The summed E-state index contributed by atoms with van der Waals surface area (Å²) in [4.78, 5) is 14.4. The van der Waals surface area contributed by atoms with E-state index in [4.69, 9.17) is 10.5 Å². The molecule has 0 saturated heterocycles. The number of amides is 1. The van der Waals surface area contributed by atoms with Crippen LogP contribution in [0, 0.1) is 12.8 Å². The van der Waals surface area contributed by atoms with Crippen LogP contribution in [0.1, 0.15) is 36.2 Å². The highest BCUT2D eigenvalue weighted by Gasteiger charge is 2.20. The van der Waals surface area contributed by atoms with Crippen molar-refractivity contribution in [3.8, 4) is 0 Å². The maximum absolute atomic E-state index is 12.7. The Morgan fingerprint density at radius 1 is 1.33 bits per heavy atom. The van der Waals surface area contributed by atoms with Crippen molar-refractivity contribution in [1.82, 2.24) is 9.62 Å². The first kappa shape index (κ1) is 25.8. The minimum absolute atomic E-state index is 0. The van der Waals surface area contributed by atoms with E-state index in [0.29, 0.717) is 24.4 Å². The van der Waals surface area contributed by atoms with Crippen LogP contribution in [0.25, 0.3) is 0 Å². The second-order valence-corrected chi connectivity index (χ2v) is 8.56. The molecule has 0 aliphatic rings. The number of nitrogens with one attached hydrogen (secondary N) is 1. The third kappa shape index (κ3) is 7.75. The molecule has 27 heavy (non-hydrogen) atoms. The van der Waals surface area contributed by atoms with E-state index in [2.05, 4.69) is 4.72 Å². The molecule has 0 saturated carbocycles. The summed E-state index contributed by atoms with van der Waals surface area (Å²) >= 11 is 0. The summed E-state index contributed by atoms with van der Waals surface area (Å²) in [6.45, 7) is 6.83. The predicted molar refractivity (Wildman–Crippen MR) is 110 cm³/mol. The van der Waals surface area contributed by atoms with Crippen LogP contribution in [0.5, 0.6) is 0 Å². The van der Waals surface area contributed by atoms with Gasteiger partial charge >= 0.3 is 0 Å².